The lowest BCUT2D eigenvalue weighted by molar-refractivity contribution is -0.148. The second-order valence-corrected chi connectivity index (χ2v) is 5.68. The second kappa shape index (κ2) is 6.16. The number of nitrogens with zero attached hydrogens (tertiary/aromatic N) is 1. The number of esters is 1. The van der Waals surface area contributed by atoms with Gasteiger partial charge in [-0.15, -0.1) is 0 Å². The van der Waals surface area contributed by atoms with Gasteiger partial charge in [-0.25, -0.2) is 4.79 Å². The molecule has 0 aromatic heterocycles. The summed E-state index contributed by atoms with van der Waals surface area (Å²) in [5.74, 6) is -0.578. The van der Waals surface area contributed by atoms with Crippen molar-refractivity contribution < 1.29 is 14.3 Å². The minimum absolute atomic E-state index is 0.229. The molecule has 1 aliphatic rings. The molecule has 1 aromatic carbocycles. The van der Waals surface area contributed by atoms with Crippen molar-refractivity contribution in [2.45, 2.75) is 31.2 Å². The number of anilines is 1. The first-order valence-electron chi connectivity index (χ1n) is 7.17. The number of hydrogen-bond acceptors (Lipinski definition) is 4. The maximum absolute atomic E-state index is 12.4. The SMILES string of the molecule is COC(=O)C1(NC(=O)c2ccc(N(C)C)cc2)CCCC1. The van der Waals surface area contributed by atoms with E-state index >= 15 is 0 Å². The molecule has 2 rings (SSSR count). The van der Waals surface area contributed by atoms with Crippen molar-refractivity contribution in [3.05, 3.63) is 29.8 Å². The molecule has 0 heterocycles. The Morgan fingerprint density at radius 1 is 1.14 bits per heavy atom. The second-order valence-electron chi connectivity index (χ2n) is 5.68. The van der Waals surface area contributed by atoms with Crippen LogP contribution in [0.1, 0.15) is 36.0 Å². The lowest BCUT2D eigenvalue weighted by Gasteiger charge is -2.27. The zero-order valence-corrected chi connectivity index (χ0v) is 12.8. The molecule has 5 nitrogen and oxygen atoms in total. The number of benzene rings is 1. The third kappa shape index (κ3) is 3.17. The van der Waals surface area contributed by atoms with E-state index in [0.717, 1.165) is 18.5 Å². The number of methoxy groups -OCH3 is 1. The molecule has 0 saturated heterocycles. The van der Waals surface area contributed by atoms with Gasteiger partial charge >= 0.3 is 5.97 Å². The Balaban J connectivity index is 2.14. The summed E-state index contributed by atoms with van der Waals surface area (Å²) >= 11 is 0. The van der Waals surface area contributed by atoms with Crippen molar-refractivity contribution in [2.24, 2.45) is 0 Å². The van der Waals surface area contributed by atoms with Gasteiger partial charge in [0.15, 0.2) is 0 Å². The molecule has 1 fully saturated rings. The lowest BCUT2D eigenvalue weighted by Crippen LogP contribution is -2.53. The highest BCUT2D eigenvalue weighted by atomic mass is 16.5. The number of carbonyl (C=O) groups is 2. The van der Waals surface area contributed by atoms with Crippen molar-refractivity contribution in [1.82, 2.24) is 5.32 Å². The lowest BCUT2D eigenvalue weighted by atomic mass is 9.97. The van der Waals surface area contributed by atoms with Crippen LogP contribution in [-0.4, -0.2) is 38.6 Å². The van der Waals surface area contributed by atoms with Crippen LogP contribution in [0.3, 0.4) is 0 Å². The first-order valence-corrected chi connectivity index (χ1v) is 7.17. The number of ether oxygens (including phenoxy) is 1. The summed E-state index contributed by atoms with van der Waals surface area (Å²) in [6, 6.07) is 7.30. The van der Waals surface area contributed by atoms with Crippen molar-refractivity contribution in [3.63, 3.8) is 0 Å². The van der Waals surface area contributed by atoms with E-state index in [1.165, 1.54) is 7.11 Å². The van der Waals surface area contributed by atoms with E-state index < -0.39 is 5.54 Å². The van der Waals surface area contributed by atoms with Gasteiger partial charge in [-0.05, 0) is 37.1 Å². The van der Waals surface area contributed by atoms with Gasteiger partial charge in [0.25, 0.3) is 5.91 Å². The molecular formula is C16H22N2O3. The molecule has 0 bridgehead atoms. The maximum atomic E-state index is 12.4. The number of amides is 1. The molecule has 1 aliphatic carbocycles. The fourth-order valence-corrected chi connectivity index (χ4v) is 2.75. The molecule has 21 heavy (non-hydrogen) atoms. The van der Waals surface area contributed by atoms with Crippen LogP contribution in [0.15, 0.2) is 24.3 Å². The Morgan fingerprint density at radius 2 is 1.71 bits per heavy atom. The fourth-order valence-electron chi connectivity index (χ4n) is 2.75. The fraction of sp³-hybridized carbons (Fsp3) is 0.500. The summed E-state index contributed by atoms with van der Waals surface area (Å²) in [7, 11) is 5.25. The van der Waals surface area contributed by atoms with Crippen LogP contribution >= 0.6 is 0 Å². The van der Waals surface area contributed by atoms with E-state index in [1.54, 1.807) is 12.1 Å². The molecule has 0 aliphatic heterocycles. The molecule has 1 N–H and O–H groups in total. The van der Waals surface area contributed by atoms with Crippen molar-refractivity contribution in [1.29, 1.82) is 0 Å². The van der Waals surface area contributed by atoms with Crippen molar-refractivity contribution >= 4 is 17.6 Å². The van der Waals surface area contributed by atoms with Crippen molar-refractivity contribution in [2.75, 3.05) is 26.1 Å². The molecule has 1 aromatic rings. The minimum Gasteiger partial charge on any atom is -0.467 e. The summed E-state index contributed by atoms with van der Waals surface area (Å²) in [5, 5.41) is 2.88. The van der Waals surface area contributed by atoms with E-state index in [4.69, 9.17) is 4.74 Å². The Morgan fingerprint density at radius 3 is 2.19 bits per heavy atom. The highest BCUT2D eigenvalue weighted by Crippen LogP contribution is 2.31. The minimum atomic E-state index is -0.855. The van der Waals surface area contributed by atoms with Gasteiger partial charge in [-0.1, -0.05) is 12.8 Å². The molecule has 0 spiro atoms. The predicted molar refractivity (Wildman–Crippen MR) is 81.5 cm³/mol. The smallest absolute Gasteiger partial charge is 0.331 e. The molecule has 114 valence electrons. The number of nitrogens with one attached hydrogen (secondary N) is 1. The van der Waals surface area contributed by atoms with Gasteiger partial charge < -0.3 is 15.0 Å². The molecule has 5 heteroatoms. The predicted octanol–water partition coefficient (Wildman–Crippen LogP) is 1.97. The molecule has 0 radical (unpaired) electrons. The summed E-state index contributed by atoms with van der Waals surface area (Å²) in [6.07, 6.45) is 3.13. The van der Waals surface area contributed by atoms with Crippen molar-refractivity contribution in [3.8, 4) is 0 Å². The standard InChI is InChI=1S/C16H22N2O3/c1-18(2)13-8-6-12(7-9-13)14(19)17-16(15(20)21-3)10-4-5-11-16/h6-9H,4-5,10-11H2,1-3H3,(H,17,19). The molecular weight excluding hydrogens is 268 g/mol. The normalized spacial score (nSPS) is 16.3. The quantitative estimate of drug-likeness (QED) is 0.861. The summed E-state index contributed by atoms with van der Waals surface area (Å²) in [6.45, 7) is 0. The van der Waals surface area contributed by atoms with Gasteiger partial charge in [0, 0.05) is 25.3 Å². The topological polar surface area (TPSA) is 58.6 Å². The van der Waals surface area contributed by atoms with E-state index in [-0.39, 0.29) is 11.9 Å². The highest BCUT2D eigenvalue weighted by molar-refractivity contribution is 5.98. The summed E-state index contributed by atoms with van der Waals surface area (Å²) in [4.78, 5) is 26.3. The Kier molecular flexibility index (Phi) is 4.50. The van der Waals surface area contributed by atoms with E-state index in [2.05, 4.69) is 5.32 Å². The van der Waals surface area contributed by atoms with E-state index in [1.807, 2.05) is 31.1 Å². The molecule has 0 unspecified atom stereocenters. The number of hydrogen-bond donors (Lipinski definition) is 1. The van der Waals surface area contributed by atoms with Gasteiger partial charge in [0.1, 0.15) is 5.54 Å². The Hall–Kier alpha value is -2.04. The third-order valence-electron chi connectivity index (χ3n) is 4.03. The third-order valence-corrected chi connectivity index (χ3v) is 4.03. The molecule has 0 atom stereocenters. The van der Waals surface area contributed by atoms with Crippen LogP contribution in [0.25, 0.3) is 0 Å². The van der Waals surface area contributed by atoms with Crippen LogP contribution in [0.4, 0.5) is 5.69 Å². The summed E-state index contributed by atoms with van der Waals surface area (Å²) in [5.41, 5.74) is 0.720. The zero-order valence-electron chi connectivity index (χ0n) is 12.8. The average molecular weight is 290 g/mol. The summed E-state index contributed by atoms with van der Waals surface area (Å²) < 4.78 is 4.86. The van der Waals surface area contributed by atoms with Crippen LogP contribution in [0.2, 0.25) is 0 Å². The number of rotatable bonds is 4. The monoisotopic (exact) mass is 290 g/mol. The largest absolute Gasteiger partial charge is 0.467 e. The van der Waals surface area contributed by atoms with E-state index in [0.29, 0.717) is 18.4 Å². The maximum Gasteiger partial charge on any atom is 0.331 e. The highest BCUT2D eigenvalue weighted by Gasteiger charge is 2.43. The van der Waals surface area contributed by atoms with Crippen LogP contribution < -0.4 is 10.2 Å². The Labute approximate surface area is 125 Å². The average Bonchev–Trinajstić information content (AvgIpc) is 2.96. The van der Waals surface area contributed by atoms with Crippen LogP contribution in [0, 0.1) is 0 Å². The zero-order chi connectivity index (χ0) is 15.5. The van der Waals surface area contributed by atoms with Gasteiger partial charge in [0.2, 0.25) is 0 Å². The van der Waals surface area contributed by atoms with Gasteiger partial charge in [0.05, 0.1) is 7.11 Å². The molecule has 1 amide bonds. The van der Waals surface area contributed by atoms with Gasteiger partial charge in [-0.3, -0.25) is 4.79 Å². The number of carbonyl (C=O) groups excluding carboxylic acids is 2. The Bertz CT molecular complexity index is 517. The van der Waals surface area contributed by atoms with Crippen LogP contribution in [-0.2, 0) is 9.53 Å². The molecule has 1 saturated carbocycles. The first-order chi connectivity index (χ1) is 9.98. The van der Waals surface area contributed by atoms with E-state index in [9.17, 15) is 9.59 Å². The van der Waals surface area contributed by atoms with Crippen LogP contribution in [0.5, 0.6) is 0 Å². The first kappa shape index (κ1) is 15.4. The van der Waals surface area contributed by atoms with Gasteiger partial charge in [-0.2, -0.15) is 0 Å².